The summed E-state index contributed by atoms with van der Waals surface area (Å²) in [5, 5.41) is 11.5. The first-order chi connectivity index (χ1) is 14.9. The third-order valence-electron chi connectivity index (χ3n) is 6.67. The van der Waals surface area contributed by atoms with Crippen molar-refractivity contribution < 1.29 is 27.8 Å². The van der Waals surface area contributed by atoms with Crippen molar-refractivity contribution >= 4 is 26.9 Å². The maximum absolute atomic E-state index is 13.2. The van der Waals surface area contributed by atoms with E-state index in [1.165, 1.54) is 9.21 Å². The van der Waals surface area contributed by atoms with Gasteiger partial charge in [0.15, 0.2) is 0 Å². The summed E-state index contributed by atoms with van der Waals surface area (Å²) in [5.41, 5.74) is -0.460. The van der Waals surface area contributed by atoms with Gasteiger partial charge in [-0.15, -0.1) is 0 Å². The number of carbonyl (C=O) groups is 1. The summed E-state index contributed by atoms with van der Waals surface area (Å²) in [6.45, 7) is 2.03. The summed E-state index contributed by atoms with van der Waals surface area (Å²) >= 11 is 0. The molecule has 31 heavy (non-hydrogen) atoms. The highest BCUT2D eigenvalue weighted by molar-refractivity contribution is 7.89. The highest BCUT2D eigenvalue weighted by Gasteiger charge is 2.47. The maximum atomic E-state index is 13.2. The Kier molecular flexibility index (Phi) is 5.16. The van der Waals surface area contributed by atoms with E-state index in [1.54, 1.807) is 12.1 Å². The predicted octanol–water partition coefficient (Wildman–Crippen LogP) is 2.53. The van der Waals surface area contributed by atoms with E-state index in [0.717, 1.165) is 10.8 Å². The first-order valence-corrected chi connectivity index (χ1v) is 12.0. The molecule has 1 N–H and O–H groups in total. The fraction of sp³-hybridized carbons (Fsp3) is 0.500. The zero-order valence-electron chi connectivity index (χ0n) is 17.1. The van der Waals surface area contributed by atoms with Gasteiger partial charge in [-0.05, 0) is 42.2 Å². The molecule has 2 atom stereocenters. The second kappa shape index (κ2) is 7.74. The molecule has 5 rings (SSSR count). The molecule has 2 aromatic rings. The van der Waals surface area contributed by atoms with Crippen molar-refractivity contribution in [2.45, 2.75) is 41.9 Å². The Labute approximate surface area is 181 Å². The van der Waals surface area contributed by atoms with Gasteiger partial charge in [0.2, 0.25) is 10.0 Å². The second-order valence-corrected chi connectivity index (χ2v) is 10.6. The van der Waals surface area contributed by atoms with E-state index in [1.807, 2.05) is 30.3 Å². The molecule has 3 aliphatic rings. The first-order valence-electron chi connectivity index (χ1n) is 10.6. The molecule has 3 heterocycles. The third kappa shape index (κ3) is 4.03. The van der Waals surface area contributed by atoms with E-state index in [9.17, 15) is 18.3 Å². The normalized spacial score (nSPS) is 25.7. The van der Waals surface area contributed by atoms with E-state index in [-0.39, 0.29) is 12.1 Å². The van der Waals surface area contributed by atoms with Crippen LogP contribution in [0.5, 0.6) is 0 Å². The van der Waals surface area contributed by atoms with E-state index in [4.69, 9.17) is 9.47 Å². The number of epoxide rings is 1. The number of benzene rings is 2. The quantitative estimate of drug-likeness (QED) is 0.709. The SMILES string of the molecule is O=C(O)N(CC1CO1)C1COC2(CCN(S(=O)(=O)c3ccc4ccccc4c3)CC2)C1. The highest BCUT2D eigenvalue weighted by atomic mass is 32.2. The zero-order chi connectivity index (χ0) is 21.6. The van der Waals surface area contributed by atoms with Gasteiger partial charge in [0.05, 0.1) is 42.4 Å². The number of nitrogens with zero attached hydrogens (tertiary/aromatic N) is 2. The molecule has 2 aromatic carbocycles. The molecular weight excluding hydrogens is 420 g/mol. The van der Waals surface area contributed by atoms with Crippen LogP contribution in [0, 0.1) is 0 Å². The molecule has 9 heteroatoms. The van der Waals surface area contributed by atoms with Crippen LogP contribution >= 0.6 is 0 Å². The minimum atomic E-state index is -3.59. The number of hydrogen-bond donors (Lipinski definition) is 1. The topological polar surface area (TPSA) is 99.7 Å². The van der Waals surface area contributed by atoms with Gasteiger partial charge in [0, 0.05) is 13.1 Å². The minimum absolute atomic E-state index is 0.0124. The molecular formula is C22H26N2O6S. The van der Waals surface area contributed by atoms with Gasteiger partial charge < -0.3 is 19.5 Å². The number of hydrogen-bond acceptors (Lipinski definition) is 5. The molecule has 3 fully saturated rings. The van der Waals surface area contributed by atoms with Crippen LogP contribution in [-0.4, -0.2) is 79.4 Å². The molecule has 2 unspecified atom stereocenters. The Bertz CT molecular complexity index is 1090. The highest BCUT2D eigenvalue weighted by Crippen LogP contribution is 2.39. The van der Waals surface area contributed by atoms with Crippen LogP contribution < -0.4 is 0 Å². The van der Waals surface area contributed by atoms with Crippen LogP contribution in [0.15, 0.2) is 47.4 Å². The molecule has 0 radical (unpaired) electrons. The monoisotopic (exact) mass is 446 g/mol. The fourth-order valence-electron chi connectivity index (χ4n) is 4.76. The molecule has 8 nitrogen and oxygen atoms in total. The van der Waals surface area contributed by atoms with Crippen molar-refractivity contribution in [3.8, 4) is 0 Å². The van der Waals surface area contributed by atoms with E-state index < -0.39 is 21.7 Å². The Morgan fingerprint density at radius 1 is 1.13 bits per heavy atom. The number of ether oxygens (including phenoxy) is 2. The van der Waals surface area contributed by atoms with Crippen molar-refractivity contribution in [3.05, 3.63) is 42.5 Å². The molecule has 166 valence electrons. The van der Waals surface area contributed by atoms with Crippen molar-refractivity contribution in [3.63, 3.8) is 0 Å². The van der Waals surface area contributed by atoms with Crippen molar-refractivity contribution in [1.29, 1.82) is 0 Å². The van der Waals surface area contributed by atoms with Crippen LogP contribution in [0.1, 0.15) is 19.3 Å². The number of rotatable bonds is 5. The van der Waals surface area contributed by atoms with Crippen molar-refractivity contribution in [2.75, 3.05) is 32.8 Å². The molecule has 3 saturated heterocycles. The van der Waals surface area contributed by atoms with Gasteiger partial charge in [0.1, 0.15) is 0 Å². The average Bonchev–Trinajstić information content (AvgIpc) is 3.51. The van der Waals surface area contributed by atoms with Gasteiger partial charge >= 0.3 is 6.09 Å². The van der Waals surface area contributed by atoms with E-state index in [0.29, 0.717) is 57.0 Å². The molecule has 1 spiro atoms. The molecule has 0 bridgehead atoms. The van der Waals surface area contributed by atoms with Crippen LogP contribution in [-0.2, 0) is 19.5 Å². The summed E-state index contributed by atoms with van der Waals surface area (Å²) in [6, 6.07) is 12.7. The largest absolute Gasteiger partial charge is 0.465 e. The molecule has 3 aliphatic heterocycles. The van der Waals surface area contributed by atoms with Crippen LogP contribution in [0.25, 0.3) is 10.8 Å². The summed E-state index contributed by atoms with van der Waals surface area (Å²) in [4.78, 5) is 13.4. The minimum Gasteiger partial charge on any atom is -0.465 e. The average molecular weight is 447 g/mol. The second-order valence-electron chi connectivity index (χ2n) is 8.66. The van der Waals surface area contributed by atoms with Gasteiger partial charge in [0.25, 0.3) is 0 Å². The number of amides is 1. The smallest absolute Gasteiger partial charge is 0.407 e. The third-order valence-corrected chi connectivity index (χ3v) is 8.57. The number of fused-ring (bicyclic) bond motifs is 1. The van der Waals surface area contributed by atoms with Crippen LogP contribution in [0.4, 0.5) is 4.79 Å². The lowest BCUT2D eigenvalue weighted by Gasteiger charge is -2.38. The summed E-state index contributed by atoms with van der Waals surface area (Å²) in [6.07, 6.45) is 0.738. The van der Waals surface area contributed by atoms with Gasteiger partial charge in [-0.2, -0.15) is 4.31 Å². The Balaban J connectivity index is 1.26. The van der Waals surface area contributed by atoms with E-state index >= 15 is 0 Å². The lowest BCUT2D eigenvalue weighted by atomic mass is 9.88. The zero-order valence-corrected chi connectivity index (χ0v) is 18.0. The first kappa shape index (κ1) is 20.7. The summed E-state index contributed by atoms with van der Waals surface area (Å²) in [7, 11) is -3.59. The summed E-state index contributed by atoms with van der Waals surface area (Å²) < 4.78 is 39.2. The molecule has 0 aromatic heterocycles. The molecule has 0 saturated carbocycles. The molecule has 1 amide bonds. The standard InChI is InChI=1S/C22H26N2O6S/c25-21(26)24(13-19-15-29-19)18-12-22(30-14-18)7-9-23(10-8-22)31(27,28)20-6-5-16-3-1-2-4-17(16)11-20/h1-6,11,18-19H,7-10,12-15H2,(H,25,26). The van der Waals surface area contributed by atoms with Crippen molar-refractivity contribution in [1.82, 2.24) is 9.21 Å². The number of piperidine rings is 1. The Hall–Kier alpha value is -2.20. The van der Waals surface area contributed by atoms with E-state index in [2.05, 4.69) is 0 Å². The number of sulfonamides is 1. The number of carboxylic acid groups (broad SMARTS) is 1. The van der Waals surface area contributed by atoms with Gasteiger partial charge in [-0.1, -0.05) is 30.3 Å². The van der Waals surface area contributed by atoms with Crippen molar-refractivity contribution in [2.24, 2.45) is 0 Å². The van der Waals surface area contributed by atoms with Crippen LogP contribution in [0.2, 0.25) is 0 Å². The lowest BCUT2D eigenvalue weighted by molar-refractivity contribution is -0.0317. The van der Waals surface area contributed by atoms with Crippen LogP contribution in [0.3, 0.4) is 0 Å². The van der Waals surface area contributed by atoms with Gasteiger partial charge in [-0.3, -0.25) is 0 Å². The van der Waals surface area contributed by atoms with Gasteiger partial charge in [-0.25, -0.2) is 13.2 Å². The Morgan fingerprint density at radius 3 is 2.52 bits per heavy atom. The predicted molar refractivity (Wildman–Crippen MR) is 113 cm³/mol. The Morgan fingerprint density at radius 2 is 1.84 bits per heavy atom. The fourth-order valence-corrected chi connectivity index (χ4v) is 6.23. The lowest BCUT2D eigenvalue weighted by Crippen LogP contribution is -2.47. The molecule has 0 aliphatic carbocycles. The maximum Gasteiger partial charge on any atom is 0.407 e. The summed E-state index contributed by atoms with van der Waals surface area (Å²) in [5.74, 6) is 0.